The monoisotopic (exact) mass is 474 g/mol. The van der Waals surface area contributed by atoms with Crippen LogP contribution in [0.2, 0.25) is 5.15 Å². The maximum absolute atomic E-state index is 14.5. The Morgan fingerprint density at radius 3 is 2.82 bits per heavy atom. The van der Waals surface area contributed by atoms with Gasteiger partial charge in [0, 0.05) is 31.3 Å². The van der Waals surface area contributed by atoms with Crippen molar-refractivity contribution >= 4 is 17.4 Å². The number of morpholine rings is 1. The second-order valence-electron chi connectivity index (χ2n) is 8.39. The van der Waals surface area contributed by atoms with E-state index in [1.165, 1.54) is 18.3 Å². The number of nitrogens with zero attached hydrogens (tertiary/aromatic N) is 4. The highest BCUT2D eigenvalue weighted by Gasteiger charge is 2.56. The van der Waals surface area contributed by atoms with Crippen LogP contribution in [0.5, 0.6) is 17.4 Å². The van der Waals surface area contributed by atoms with Crippen LogP contribution in [-0.2, 0) is 17.9 Å². The molecule has 33 heavy (non-hydrogen) atoms. The minimum atomic E-state index is -0.904. The highest BCUT2D eigenvalue weighted by molar-refractivity contribution is 6.29. The number of hydrogen-bond donors (Lipinski definition) is 0. The first-order chi connectivity index (χ1) is 15.9. The summed E-state index contributed by atoms with van der Waals surface area (Å²) in [5, 5.41) is 0.135. The van der Waals surface area contributed by atoms with Gasteiger partial charge in [-0.05, 0) is 23.8 Å². The van der Waals surface area contributed by atoms with E-state index in [0.29, 0.717) is 19.7 Å². The molecule has 0 N–H and O–H groups in total. The van der Waals surface area contributed by atoms with Gasteiger partial charge < -0.3 is 19.1 Å². The Morgan fingerprint density at radius 1 is 1.24 bits per heavy atom. The molecule has 0 saturated carbocycles. The molecule has 11 heteroatoms. The van der Waals surface area contributed by atoms with Crippen LogP contribution in [0.4, 0.5) is 14.6 Å². The second kappa shape index (κ2) is 7.39. The number of benzene rings is 1. The lowest BCUT2D eigenvalue weighted by Gasteiger charge is -2.32. The number of hydrogen-bond acceptors (Lipinski definition) is 7. The molecule has 5 heterocycles. The SMILES string of the molecule is O=c1nc(OCc2cc(F)c(Oc3ccnc(Cl)c3)c(F)c2)cc2n1C[C@@]13CO[C@@H](CN21)C3. The van der Waals surface area contributed by atoms with Crippen molar-refractivity contribution in [1.82, 2.24) is 14.5 Å². The Balaban J connectivity index is 1.20. The van der Waals surface area contributed by atoms with Crippen LogP contribution >= 0.6 is 11.6 Å². The Hall–Kier alpha value is -3.24. The molecule has 0 aliphatic carbocycles. The molecule has 3 aliphatic heterocycles. The lowest BCUT2D eigenvalue weighted by atomic mass is 10.0. The van der Waals surface area contributed by atoms with Crippen LogP contribution in [-0.4, -0.2) is 39.3 Å². The fourth-order valence-electron chi connectivity index (χ4n) is 4.78. The minimum Gasteiger partial charge on any atom is -0.473 e. The zero-order valence-corrected chi connectivity index (χ0v) is 17.9. The van der Waals surface area contributed by atoms with E-state index >= 15 is 0 Å². The molecule has 3 aromatic rings. The van der Waals surface area contributed by atoms with Gasteiger partial charge in [0.2, 0.25) is 5.88 Å². The summed E-state index contributed by atoms with van der Waals surface area (Å²) in [7, 11) is 0. The molecule has 0 unspecified atom stereocenters. The van der Waals surface area contributed by atoms with Gasteiger partial charge in [0.15, 0.2) is 17.4 Å². The van der Waals surface area contributed by atoms with Crippen molar-refractivity contribution in [2.45, 2.75) is 31.2 Å². The van der Waals surface area contributed by atoms with Crippen LogP contribution < -0.4 is 20.1 Å². The number of ether oxygens (including phenoxy) is 3. The first-order valence-electron chi connectivity index (χ1n) is 10.3. The van der Waals surface area contributed by atoms with E-state index in [4.69, 9.17) is 25.8 Å². The predicted octanol–water partition coefficient (Wildman–Crippen LogP) is 3.30. The average molecular weight is 475 g/mol. The van der Waals surface area contributed by atoms with Gasteiger partial charge in [-0.25, -0.2) is 18.6 Å². The molecule has 1 aromatic carbocycles. The summed E-state index contributed by atoms with van der Waals surface area (Å²) in [5.74, 6) is -1.39. The number of pyridine rings is 1. The molecular weight excluding hydrogens is 458 g/mol. The first-order valence-corrected chi connectivity index (χ1v) is 10.7. The van der Waals surface area contributed by atoms with Crippen molar-refractivity contribution in [2.75, 3.05) is 18.1 Å². The summed E-state index contributed by atoms with van der Waals surface area (Å²) in [4.78, 5) is 22.5. The van der Waals surface area contributed by atoms with Crippen LogP contribution in [0.15, 0.2) is 41.3 Å². The van der Waals surface area contributed by atoms with Gasteiger partial charge in [-0.3, -0.25) is 4.57 Å². The fourth-order valence-corrected chi connectivity index (χ4v) is 4.94. The molecule has 2 atom stereocenters. The van der Waals surface area contributed by atoms with Crippen molar-refractivity contribution < 1.29 is 23.0 Å². The van der Waals surface area contributed by atoms with Crippen LogP contribution in [0.3, 0.4) is 0 Å². The molecule has 3 aliphatic rings. The Morgan fingerprint density at radius 2 is 2.06 bits per heavy atom. The normalized spacial score (nSPS) is 22.4. The summed E-state index contributed by atoms with van der Waals surface area (Å²) in [6.45, 7) is 1.64. The van der Waals surface area contributed by atoms with E-state index in [-0.39, 0.29) is 40.6 Å². The molecule has 1 spiro atoms. The molecule has 0 radical (unpaired) electrons. The maximum Gasteiger partial charge on any atom is 0.352 e. The average Bonchev–Trinajstić information content (AvgIpc) is 3.44. The number of aromatic nitrogens is 3. The predicted molar refractivity (Wildman–Crippen MR) is 113 cm³/mol. The third-order valence-corrected chi connectivity index (χ3v) is 6.42. The molecule has 0 amide bonds. The van der Waals surface area contributed by atoms with Gasteiger partial charge >= 0.3 is 5.69 Å². The van der Waals surface area contributed by atoms with E-state index in [0.717, 1.165) is 24.4 Å². The van der Waals surface area contributed by atoms with E-state index in [2.05, 4.69) is 14.9 Å². The summed E-state index contributed by atoms with van der Waals surface area (Å²) in [6.07, 6.45) is 2.41. The summed E-state index contributed by atoms with van der Waals surface area (Å²) < 4.78 is 47.4. The first kappa shape index (κ1) is 20.4. The summed E-state index contributed by atoms with van der Waals surface area (Å²) in [5.41, 5.74) is -0.400. The third-order valence-electron chi connectivity index (χ3n) is 6.21. The molecule has 2 saturated heterocycles. The third kappa shape index (κ3) is 3.41. The summed E-state index contributed by atoms with van der Waals surface area (Å²) >= 11 is 5.78. The van der Waals surface area contributed by atoms with Gasteiger partial charge in [-0.15, -0.1) is 0 Å². The zero-order valence-electron chi connectivity index (χ0n) is 17.1. The topological polar surface area (TPSA) is 78.7 Å². The van der Waals surface area contributed by atoms with Gasteiger partial charge in [-0.2, -0.15) is 4.98 Å². The van der Waals surface area contributed by atoms with Crippen molar-refractivity contribution in [3.05, 3.63) is 69.4 Å². The highest BCUT2D eigenvalue weighted by Crippen LogP contribution is 2.46. The van der Waals surface area contributed by atoms with Crippen molar-refractivity contribution in [3.63, 3.8) is 0 Å². The number of fused-ring (bicyclic) bond motifs is 3. The molecule has 2 aromatic heterocycles. The van der Waals surface area contributed by atoms with Crippen molar-refractivity contribution in [2.24, 2.45) is 0 Å². The molecule has 2 fully saturated rings. The maximum atomic E-state index is 14.5. The van der Waals surface area contributed by atoms with Gasteiger partial charge in [0.25, 0.3) is 0 Å². The van der Waals surface area contributed by atoms with Crippen LogP contribution in [0.1, 0.15) is 12.0 Å². The van der Waals surface area contributed by atoms with Crippen molar-refractivity contribution in [1.29, 1.82) is 0 Å². The Labute approximate surface area is 191 Å². The largest absolute Gasteiger partial charge is 0.473 e. The number of halogens is 3. The molecule has 8 nitrogen and oxygen atoms in total. The lowest BCUT2D eigenvalue weighted by Crippen LogP contribution is -2.46. The van der Waals surface area contributed by atoms with E-state index < -0.39 is 23.1 Å². The van der Waals surface area contributed by atoms with Gasteiger partial charge in [-0.1, -0.05) is 11.6 Å². The molecule has 170 valence electrons. The van der Waals surface area contributed by atoms with E-state index in [1.54, 1.807) is 10.6 Å². The van der Waals surface area contributed by atoms with E-state index in [1.807, 2.05) is 0 Å². The quantitative estimate of drug-likeness (QED) is 0.525. The smallest absolute Gasteiger partial charge is 0.352 e. The Kier molecular flexibility index (Phi) is 4.56. The lowest BCUT2D eigenvalue weighted by molar-refractivity contribution is 0.0856. The van der Waals surface area contributed by atoms with Gasteiger partial charge in [0.1, 0.15) is 23.3 Å². The number of anilines is 1. The van der Waals surface area contributed by atoms with E-state index in [9.17, 15) is 13.6 Å². The Bertz CT molecular complexity index is 1310. The van der Waals surface area contributed by atoms with Gasteiger partial charge in [0.05, 0.1) is 24.8 Å². The van der Waals surface area contributed by atoms with Crippen LogP contribution in [0.25, 0.3) is 0 Å². The zero-order chi connectivity index (χ0) is 22.7. The highest BCUT2D eigenvalue weighted by atomic mass is 35.5. The summed E-state index contributed by atoms with van der Waals surface area (Å²) in [6, 6.07) is 6.68. The number of rotatable bonds is 5. The molecule has 6 rings (SSSR count). The van der Waals surface area contributed by atoms with Crippen LogP contribution in [0, 0.1) is 11.6 Å². The molecule has 2 bridgehead atoms. The minimum absolute atomic E-state index is 0.0968. The van der Waals surface area contributed by atoms with Crippen molar-refractivity contribution in [3.8, 4) is 17.4 Å². The molecular formula is C22H17ClF2N4O4. The standard InChI is InChI=1S/C22H17ClF2N4O4/c23-17-5-13(1-2-26-17)33-20-15(24)3-12(4-16(20)25)9-31-18-6-19-28(21(30)27-18)10-22-7-14(32-11-22)8-29(19)22/h1-6,14H,7-11H2/t14-,22+/m1/s1. The second-order valence-corrected chi connectivity index (χ2v) is 8.77. The fraction of sp³-hybridized carbons (Fsp3) is 0.318.